The molecule has 0 aromatic heterocycles. The van der Waals surface area contributed by atoms with Gasteiger partial charge in [-0.1, -0.05) is 36.4 Å². The van der Waals surface area contributed by atoms with Crippen LogP contribution in [-0.4, -0.2) is 18.0 Å². The molecule has 17 heavy (non-hydrogen) atoms. The van der Waals surface area contributed by atoms with Gasteiger partial charge in [0.15, 0.2) is 6.29 Å². The van der Waals surface area contributed by atoms with Gasteiger partial charge in [0, 0.05) is 1.43 Å². The van der Waals surface area contributed by atoms with Crippen molar-refractivity contribution in [3.8, 4) is 11.5 Å². The van der Waals surface area contributed by atoms with Crippen LogP contribution in [0.5, 0.6) is 11.5 Å². The number of hydrogen-bond acceptors (Lipinski definition) is 3. The predicted molar refractivity (Wildman–Crippen MR) is 68.2 cm³/mol. The minimum Gasteiger partial charge on any atom is -0.508 e. The fourth-order valence-corrected chi connectivity index (χ4v) is 1.07. The second-order valence-corrected chi connectivity index (χ2v) is 3.13. The van der Waals surface area contributed by atoms with E-state index >= 15 is 0 Å². The molecule has 0 atom stereocenters. The summed E-state index contributed by atoms with van der Waals surface area (Å²) in [6.07, 6.45) is 0.729. The lowest BCUT2D eigenvalue weighted by Gasteiger charge is -1.98. The van der Waals surface area contributed by atoms with Gasteiger partial charge < -0.3 is 9.84 Å². The lowest BCUT2D eigenvalue weighted by molar-refractivity contribution is -0.109. The zero-order valence-electron chi connectivity index (χ0n) is 9.32. The van der Waals surface area contributed by atoms with Crippen LogP contribution in [0.4, 0.5) is 0 Å². The highest BCUT2D eigenvalue weighted by Gasteiger charge is 1.86. The molecule has 0 aliphatic heterocycles. The SMILES string of the molecule is O=CCOc1ccccc1.Oc1ccccc1.[2HH]. The number of ether oxygens (including phenoxy) is 1. The molecule has 0 fully saturated rings. The molecule has 2 aromatic carbocycles. The maximum Gasteiger partial charge on any atom is 0.157 e. The summed E-state index contributed by atoms with van der Waals surface area (Å²) in [6, 6.07) is 17.9. The first-order valence-electron chi connectivity index (χ1n) is 5.18. The first-order valence-corrected chi connectivity index (χ1v) is 5.18. The molecule has 90 valence electrons. The van der Waals surface area contributed by atoms with E-state index in [1.165, 1.54) is 0 Å². The molecule has 0 amide bonds. The Morgan fingerprint density at radius 2 is 1.53 bits per heavy atom. The van der Waals surface area contributed by atoms with Crippen molar-refractivity contribution in [1.82, 2.24) is 0 Å². The summed E-state index contributed by atoms with van der Waals surface area (Å²) in [4.78, 5) is 9.85. The van der Waals surface area contributed by atoms with Crippen LogP contribution in [0, 0.1) is 0 Å². The number of para-hydroxylation sites is 2. The second-order valence-electron chi connectivity index (χ2n) is 3.13. The highest BCUT2D eigenvalue weighted by atomic mass is 16.5. The van der Waals surface area contributed by atoms with Crippen molar-refractivity contribution >= 4 is 6.29 Å². The maximum atomic E-state index is 9.85. The number of carbonyl (C=O) groups excluding carboxylic acids is 1. The molecule has 2 aromatic rings. The topological polar surface area (TPSA) is 46.5 Å². The van der Waals surface area contributed by atoms with E-state index < -0.39 is 0 Å². The molecule has 2 rings (SSSR count). The fourth-order valence-electron chi connectivity index (χ4n) is 1.07. The molecular weight excluding hydrogens is 216 g/mol. The third kappa shape index (κ3) is 5.99. The van der Waals surface area contributed by atoms with Gasteiger partial charge in [0.25, 0.3) is 0 Å². The third-order valence-electron chi connectivity index (χ3n) is 1.82. The minimum absolute atomic E-state index is 0. The van der Waals surface area contributed by atoms with Crippen LogP contribution in [0.25, 0.3) is 0 Å². The summed E-state index contributed by atoms with van der Waals surface area (Å²) in [5.41, 5.74) is 0. The molecule has 0 heterocycles. The minimum atomic E-state index is 0. The Morgan fingerprint density at radius 3 is 1.94 bits per heavy atom. The Balaban J connectivity index is 0.000000321. The van der Waals surface area contributed by atoms with Crippen LogP contribution in [0.2, 0.25) is 0 Å². The third-order valence-corrected chi connectivity index (χ3v) is 1.82. The van der Waals surface area contributed by atoms with Gasteiger partial charge in [-0.15, -0.1) is 0 Å². The molecule has 0 aliphatic carbocycles. The Bertz CT molecular complexity index is 418. The normalized spacial score (nSPS) is 8.71. The number of benzene rings is 2. The number of phenols is 1. The highest BCUT2D eigenvalue weighted by Crippen LogP contribution is 2.06. The standard InChI is InChI=1S/C8H8O2.C6H6O.H2/c9-6-7-10-8-4-2-1-3-5-8;7-6-4-2-1-3-5-6;/h1-6H,7H2;1-5,7H;1H/i;;1+1. The van der Waals surface area contributed by atoms with Gasteiger partial charge >= 0.3 is 0 Å². The largest absolute Gasteiger partial charge is 0.508 e. The van der Waals surface area contributed by atoms with E-state index in [-0.39, 0.29) is 8.03 Å². The van der Waals surface area contributed by atoms with Crippen molar-refractivity contribution in [3.63, 3.8) is 0 Å². The quantitative estimate of drug-likeness (QED) is 0.829. The van der Waals surface area contributed by atoms with Crippen molar-refractivity contribution < 1.29 is 16.1 Å². The molecular formula is C14H16O3. The zero-order chi connectivity index (χ0) is 12.3. The van der Waals surface area contributed by atoms with Crippen LogP contribution in [0.3, 0.4) is 0 Å². The van der Waals surface area contributed by atoms with Crippen molar-refractivity contribution in [2.24, 2.45) is 0 Å². The summed E-state index contributed by atoms with van der Waals surface area (Å²) < 4.78 is 4.99. The predicted octanol–water partition coefficient (Wildman–Crippen LogP) is 2.90. The fraction of sp³-hybridized carbons (Fsp3) is 0.0714. The Hall–Kier alpha value is -2.29. The number of hydrogen-bond donors (Lipinski definition) is 1. The molecule has 0 aliphatic rings. The van der Waals surface area contributed by atoms with Gasteiger partial charge in [-0.2, -0.15) is 0 Å². The van der Waals surface area contributed by atoms with Gasteiger partial charge in [-0.25, -0.2) is 0 Å². The lowest BCUT2D eigenvalue weighted by atomic mass is 10.3. The number of aromatic hydroxyl groups is 1. The molecule has 3 heteroatoms. The van der Waals surface area contributed by atoms with Crippen molar-refractivity contribution in [2.45, 2.75) is 0 Å². The van der Waals surface area contributed by atoms with E-state index in [9.17, 15) is 4.79 Å². The van der Waals surface area contributed by atoms with Gasteiger partial charge in [0.05, 0.1) is 0 Å². The number of aldehydes is 1. The molecule has 3 nitrogen and oxygen atoms in total. The molecule has 1 N–H and O–H groups in total. The van der Waals surface area contributed by atoms with E-state index in [0.717, 1.165) is 12.0 Å². The first kappa shape index (κ1) is 12.8. The average molecular weight is 233 g/mol. The molecule has 0 spiro atoms. The number of phenolic OH excluding ortho intramolecular Hbond substituents is 1. The second kappa shape index (κ2) is 7.93. The smallest absolute Gasteiger partial charge is 0.157 e. The van der Waals surface area contributed by atoms with E-state index in [0.29, 0.717) is 5.75 Å². The summed E-state index contributed by atoms with van der Waals surface area (Å²) >= 11 is 0. The van der Waals surface area contributed by atoms with Gasteiger partial charge in [0.1, 0.15) is 18.1 Å². The molecule has 0 saturated carbocycles. The average Bonchev–Trinajstić information content (AvgIpc) is 2.39. The van der Waals surface area contributed by atoms with Crippen molar-refractivity contribution in [3.05, 3.63) is 60.7 Å². The van der Waals surface area contributed by atoms with E-state index in [1.54, 1.807) is 24.3 Å². The van der Waals surface area contributed by atoms with Gasteiger partial charge in [0.2, 0.25) is 0 Å². The summed E-state index contributed by atoms with van der Waals surface area (Å²) in [7, 11) is 0. The monoisotopic (exact) mass is 233 g/mol. The van der Waals surface area contributed by atoms with Crippen molar-refractivity contribution in [2.75, 3.05) is 6.61 Å². The van der Waals surface area contributed by atoms with Crippen LogP contribution in [0.15, 0.2) is 60.7 Å². The molecule has 0 unspecified atom stereocenters. The Labute approximate surface area is 102 Å². The number of carbonyl (C=O) groups is 1. The highest BCUT2D eigenvalue weighted by molar-refractivity contribution is 5.51. The van der Waals surface area contributed by atoms with Crippen LogP contribution in [0.1, 0.15) is 1.43 Å². The summed E-state index contributed by atoms with van der Waals surface area (Å²) in [6.45, 7) is 0.129. The Morgan fingerprint density at radius 1 is 1.00 bits per heavy atom. The molecule has 0 bridgehead atoms. The van der Waals surface area contributed by atoms with Gasteiger partial charge in [-0.3, -0.25) is 4.79 Å². The van der Waals surface area contributed by atoms with E-state index in [2.05, 4.69) is 0 Å². The molecule has 0 saturated heterocycles. The zero-order valence-corrected chi connectivity index (χ0v) is 9.32. The van der Waals surface area contributed by atoms with E-state index in [1.807, 2.05) is 36.4 Å². The summed E-state index contributed by atoms with van der Waals surface area (Å²) in [5, 5.41) is 8.63. The lowest BCUT2D eigenvalue weighted by Crippen LogP contribution is -1.96. The van der Waals surface area contributed by atoms with Gasteiger partial charge in [-0.05, 0) is 24.3 Å². The van der Waals surface area contributed by atoms with Crippen LogP contribution < -0.4 is 4.74 Å². The van der Waals surface area contributed by atoms with Crippen LogP contribution >= 0.6 is 0 Å². The first-order chi connectivity index (χ1) is 8.33. The summed E-state index contributed by atoms with van der Waals surface area (Å²) in [5.74, 6) is 1.05. The van der Waals surface area contributed by atoms with Crippen molar-refractivity contribution in [1.29, 1.82) is 0 Å². The Kier molecular flexibility index (Phi) is 5.96. The molecule has 0 radical (unpaired) electrons. The number of rotatable bonds is 3. The van der Waals surface area contributed by atoms with E-state index in [4.69, 9.17) is 9.84 Å². The van der Waals surface area contributed by atoms with Crippen LogP contribution in [-0.2, 0) is 4.79 Å². The maximum absolute atomic E-state index is 9.85.